The number of nitrogens with zero attached hydrogens (tertiary/aromatic N) is 2. The van der Waals surface area contributed by atoms with Gasteiger partial charge < -0.3 is 10.2 Å². The summed E-state index contributed by atoms with van der Waals surface area (Å²) in [6, 6.07) is 0. The van der Waals surface area contributed by atoms with Crippen molar-refractivity contribution in [2.45, 2.75) is 31.6 Å². The van der Waals surface area contributed by atoms with Gasteiger partial charge in [0.05, 0.1) is 10.7 Å². The molecule has 0 amide bonds. The summed E-state index contributed by atoms with van der Waals surface area (Å²) in [5.74, 6) is 1.50. The van der Waals surface area contributed by atoms with Crippen LogP contribution in [-0.2, 0) is 6.42 Å². The summed E-state index contributed by atoms with van der Waals surface area (Å²) in [4.78, 5) is 7.30. The molecule has 2 unspecified atom stereocenters. The van der Waals surface area contributed by atoms with E-state index < -0.39 is 0 Å². The zero-order chi connectivity index (χ0) is 12.4. The molecule has 0 radical (unpaired) electrons. The van der Waals surface area contributed by atoms with E-state index in [1.54, 1.807) is 0 Å². The van der Waals surface area contributed by atoms with Gasteiger partial charge in [0.15, 0.2) is 0 Å². The van der Waals surface area contributed by atoms with Crippen molar-refractivity contribution in [3.05, 3.63) is 16.1 Å². The molecule has 1 N–H and O–H groups in total. The predicted octanol–water partition coefficient (Wildman–Crippen LogP) is 2.10. The van der Waals surface area contributed by atoms with Crippen molar-refractivity contribution < 1.29 is 0 Å². The Bertz CT molecular complexity index is 384. The normalized spacial score (nSPS) is 29.8. The van der Waals surface area contributed by atoms with E-state index in [4.69, 9.17) is 4.98 Å². The van der Waals surface area contributed by atoms with Crippen LogP contribution in [0.25, 0.3) is 0 Å². The number of rotatable bonds is 3. The number of likely N-dealkylation sites (N-methyl/N-ethyl adjacent to an activating group) is 1. The lowest BCUT2D eigenvalue weighted by atomic mass is 9.95. The molecule has 2 fully saturated rings. The molecule has 3 nitrogen and oxygen atoms in total. The second kappa shape index (κ2) is 5.68. The third-order valence-corrected chi connectivity index (χ3v) is 5.26. The van der Waals surface area contributed by atoms with E-state index in [1.165, 1.54) is 62.6 Å². The molecule has 0 spiro atoms. The van der Waals surface area contributed by atoms with E-state index in [0.717, 1.165) is 5.92 Å². The Morgan fingerprint density at radius 3 is 3.17 bits per heavy atom. The first-order valence-corrected chi connectivity index (χ1v) is 8.03. The van der Waals surface area contributed by atoms with Crippen molar-refractivity contribution in [3.63, 3.8) is 0 Å². The summed E-state index contributed by atoms with van der Waals surface area (Å²) in [7, 11) is 2.21. The Labute approximate surface area is 114 Å². The number of hydrogen-bond acceptors (Lipinski definition) is 4. The molecule has 1 aromatic heterocycles. The number of piperidine rings is 1. The van der Waals surface area contributed by atoms with Gasteiger partial charge in [-0.3, -0.25) is 0 Å². The van der Waals surface area contributed by atoms with Gasteiger partial charge in [0, 0.05) is 17.8 Å². The highest BCUT2D eigenvalue weighted by Gasteiger charge is 2.24. The molecule has 2 aliphatic rings. The molecular weight excluding hydrogens is 242 g/mol. The highest BCUT2D eigenvalue weighted by Crippen LogP contribution is 2.29. The van der Waals surface area contributed by atoms with Crippen LogP contribution in [-0.4, -0.2) is 43.1 Å². The summed E-state index contributed by atoms with van der Waals surface area (Å²) in [5, 5.41) is 7.16. The fourth-order valence-corrected chi connectivity index (χ4v) is 4.09. The maximum Gasteiger partial charge on any atom is 0.0972 e. The summed E-state index contributed by atoms with van der Waals surface area (Å²) in [6.07, 6.45) is 5.15. The van der Waals surface area contributed by atoms with Crippen molar-refractivity contribution >= 4 is 11.3 Å². The van der Waals surface area contributed by atoms with Gasteiger partial charge in [-0.1, -0.05) is 0 Å². The molecule has 2 saturated heterocycles. The molecule has 1 aromatic rings. The third-order valence-electron chi connectivity index (χ3n) is 4.21. The minimum Gasteiger partial charge on any atom is -0.316 e. The molecule has 3 rings (SSSR count). The van der Waals surface area contributed by atoms with E-state index in [0.29, 0.717) is 5.92 Å². The lowest BCUT2D eigenvalue weighted by molar-refractivity contribution is 0.373. The molecule has 2 aliphatic heterocycles. The number of hydrogen-bond donors (Lipinski definition) is 1. The minimum atomic E-state index is 0.693. The molecule has 100 valence electrons. The fourth-order valence-electron chi connectivity index (χ4n) is 3.13. The molecular formula is C14H23N3S. The number of aromatic nitrogens is 1. The maximum absolute atomic E-state index is 4.88. The Hall–Kier alpha value is -0.450. The molecule has 0 bridgehead atoms. The largest absolute Gasteiger partial charge is 0.316 e. The first-order chi connectivity index (χ1) is 8.81. The number of nitrogens with one attached hydrogen (secondary N) is 1. The Kier molecular flexibility index (Phi) is 3.97. The quantitative estimate of drug-likeness (QED) is 0.907. The van der Waals surface area contributed by atoms with Crippen molar-refractivity contribution in [3.8, 4) is 0 Å². The van der Waals surface area contributed by atoms with Gasteiger partial charge in [0.2, 0.25) is 0 Å². The Balaban J connectivity index is 1.59. The van der Waals surface area contributed by atoms with Gasteiger partial charge in [-0.05, 0) is 58.3 Å². The summed E-state index contributed by atoms with van der Waals surface area (Å²) in [6.45, 7) is 4.80. The number of thiazole rings is 1. The predicted molar refractivity (Wildman–Crippen MR) is 76.3 cm³/mol. The van der Waals surface area contributed by atoms with Crippen LogP contribution in [0.1, 0.15) is 35.9 Å². The van der Waals surface area contributed by atoms with Crippen molar-refractivity contribution in [1.29, 1.82) is 0 Å². The molecule has 18 heavy (non-hydrogen) atoms. The van der Waals surface area contributed by atoms with Gasteiger partial charge >= 0.3 is 0 Å². The van der Waals surface area contributed by atoms with Crippen LogP contribution in [0.2, 0.25) is 0 Å². The molecule has 0 aromatic carbocycles. The van der Waals surface area contributed by atoms with Crippen LogP contribution in [0.4, 0.5) is 0 Å². The van der Waals surface area contributed by atoms with Gasteiger partial charge in [0.25, 0.3) is 0 Å². The minimum absolute atomic E-state index is 0.693. The smallest absolute Gasteiger partial charge is 0.0972 e. The van der Waals surface area contributed by atoms with Crippen LogP contribution in [0.5, 0.6) is 0 Å². The monoisotopic (exact) mass is 265 g/mol. The van der Waals surface area contributed by atoms with Crippen molar-refractivity contribution in [2.75, 3.05) is 33.2 Å². The average Bonchev–Trinajstić information content (AvgIpc) is 2.99. The van der Waals surface area contributed by atoms with E-state index in [1.807, 2.05) is 11.3 Å². The first kappa shape index (κ1) is 12.6. The lowest BCUT2D eigenvalue weighted by Crippen LogP contribution is -2.30. The van der Waals surface area contributed by atoms with Gasteiger partial charge in [-0.2, -0.15) is 0 Å². The fraction of sp³-hybridized carbons (Fsp3) is 0.786. The van der Waals surface area contributed by atoms with Crippen molar-refractivity contribution in [1.82, 2.24) is 15.2 Å². The zero-order valence-corrected chi connectivity index (χ0v) is 12.0. The van der Waals surface area contributed by atoms with Crippen LogP contribution >= 0.6 is 11.3 Å². The summed E-state index contributed by atoms with van der Waals surface area (Å²) in [5.41, 5.74) is 1.33. The maximum atomic E-state index is 4.88. The number of likely N-dealkylation sites (tertiary alicyclic amines) is 1. The van der Waals surface area contributed by atoms with E-state index >= 15 is 0 Å². The molecule has 3 heterocycles. The van der Waals surface area contributed by atoms with E-state index in [-0.39, 0.29) is 0 Å². The SMILES string of the molecule is CN1CCC(c2nc(CC3CCCNC3)cs2)C1. The average molecular weight is 265 g/mol. The molecule has 2 atom stereocenters. The van der Waals surface area contributed by atoms with Crippen LogP contribution in [0, 0.1) is 5.92 Å². The topological polar surface area (TPSA) is 28.2 Å². The molecule has 0 aliphatic carbocycles. The highest BCUT2D eigenvalue weighted by atomic mass is 32.1. The molecule has 4 heteroatoms. The lowest BCUT2D eigenvalue weighted by Gasteiger charge is -2.21. The van der Waals surface area contributed by atoms with Crippen LogP contribution in [0.3, 0.4) is 0 Å². The standard InChI is InChI=1S/C14H23N3S/c1-17-6-4-12(9-17)14-16-13(10-18-14)7-11-3-2-5-15-8-11/h10-12,15H,2-9H2,1H3. The Morgan fingerprint density at radius 2 is 2.44 bits per heavy atom. The zero-order valence-electron chi connectivity index (χ0n) is 11.2. The van der Waals surface area contributed by atoms with Gasteiger partial charge in [0.1, 0.15) is 0 Å². The van der Waals surface area contributed by atoms with Gasteiger partial charge in [-0.15, -0.1) is 11.3 Å². The third kappa shape index (κ3) is 2.92. The second-order valence-corrected chi connectivity index (χ2v) is 6.73. The first-order valence-electron chi connectivity index (χ1n) is 7.15. The Morgan fingerprint density at radius 1 is 1.50 bits per heavy atom. The van der Waals surface area contributed by atoms with Crippen molar-refractivity contribution in [2.24, 2.45) is 5.92 Å². The highest BCUT2D eigenvalue weighted by molar-refractivity contribution is 7.09. The summed E-state index contributed by atoms with van der Waals surface area (Å²) < 4.78 is 0. The molecule has 0 saturated carbocycles. The van der Waals surface area contributed by atoms with E-state index in [9.17, 15) is 0 Å². The van der Waals surface area contributed by atoms with Gasteiger partial charge in [-0.25, -0.2) is 4.98 Å². The van der Waals surface area contributed by atoms with E-state index in [2.05, 4.69) is 22.6 Å². The van der Waals surface area contributed by atoms with Crippen LogP contribution < -0.4 is 5.32 Å². The second-order valence-electron chi connectivity index (χ2n) is 5.84. The summed E-state index contributed by atoms with van der Waals surface area (Å²) >= 11 is 1.88. The van der Waals surface area contributed by atoms with Crippen LogP contribution in [0.15, 0.2) is 5.38 Å².